The molecule has 1 aromatic carbocycles. The molecular weight excluding hydrogens is 198 g/mol. The Morgan fingerprint density at radius 1 is 1.33 bits per heavy atom. The molecular formula is C6H5NO3S2. The number of anilines is 1. The van der Waals surface area contributed by atoms with Crippen LogP contribution in [0.2, 0.25) is 0 Å². The number of hydrogen-bond donors (Lipinski definition) is 1. The molecule has 0 amide bonds. The standard InChI is InChI=1S/C6H5NO3S2/c8-12(9)11-6-4-2-1-3-5(6)7-10-11/h1-4,7H. The topological polar surface area (TPSA) is 55.4 Å². The van der Waals surface area contributed by atoms with E-state index in [4.69, 9.17) is 4.28 Å². The van der Waals surface area contributed by atoms with Gasteiger partial charge in [0.05, 0.1) is 10.6 Å². The molecule has 1 atom stereocenters. The molecule has 1 heterocycles. The van der Waals surface area contributed by atoms with Crippen LogP contribution < -0.4 is 5.48 Å². The Hall–Kier alpha value is -0.850. The predicted molar refractivity (Wildman–Crippen MR) is 45.7 cm³/mol. The highest BCUT2D eigenvalue weighted by Gasteiger charge is 2.17. The first-order valence-corrected chi connectivity index (χ1v) is 5.89. The van der Waals surface area contributed by atoms with Crippen LogP contribution in [0.15, 0.2) is 29.2 Å². The van der Waals surface area contributed by atoms with Gasteiger partial charge in [0.1, 0.15) is 9.74 Å². The van der Waals surface area contributed by atoms with Crippen molar-refractivity contribution in [2.24, 2.45) is 0 Å². The van der Waals surface area contributed by atoms with E-state index in [9.17, 15) is 8.42 Å². The number of fused-ring (bicyclic) bond motifs is 1. The summed E-state index contributed by atoms with van der Waals surface area (Å²) in [4.78, 5) is 0.686. The lowest BCUT2D eigenvalue weighted by Gasteiger charge is -1.90. The summed E-state index contributed by atoms with van der Waals surface area (Å²) in [5.74, 6) is 0. The molecule has 12 heavy (non-hydrogen) atoms. The van der Waals surface area contributed by atoms with E-state index in [-0.39, 0.29) is 0 Å². The number of nitrogens with one attached hydrogen (secondary N) is 1. The maximum absolute atomic E-state index is 10.6. The zero-order chi connectivity index (χ0) is 8.55. The van der Waals surface area contributed by atoms with Crippen molar-refractivity contribution < 1.29 is 12.7 Å². The van der Waals surface area contributed by atoms with Gasteiger partial charge < -0.3 is 0 Å². The monoisotopic (exact) mass is 203 g/mol. The molecule has 2 rings (SSSR count). The highest BCUT2D eigenvalue weighted by atomic mass is 32.9. The van der Waals surface area contributed by atoms with Gasteiger partial charge >= 0.3 is 0 Å². The molecule has 0 spiro atoms. The average molecular weight is 203 g/mol. The van der Waals surface area contributed by atoms with E-state index in [0.717, 1.165) is 5.69 Å². The lowest BCUT2D eigenvalue weighted by atomic mass is 10.3. The van der Waals surface area contributed by atoms with Crippen molar-refractivity contribution in [2.45, 2.75) is 4.90 Å². The van der Waals surface area contributed by atoms with E-state index in [2.05, 4.69) is 5.48 Å². The number of hydrogen-bond acceptors (Lipinski definition) is 4. The molecule has 0 fully saturated rings. The maximum Gasteiger partial charge on any atom is 0.272 e. The van der Waals surface area contributed by atoms with Crippen LogP contribution >= 0.6 is 0 Å². The largest absolute Gasteiger partial charge is 0.272 e. The van der Waals surface area contributed by atoms with E-state index in [1.165, 1.54) is 0 Å². The Kier molecular flexibility index (Phi) is 1.87. The Morgan fingerprint density at radius 2 is 2.08 bits per heavy atom. The summed E-state index contributed by atoms with van der Waals surface area (Å²) in [7, 11) is -3.36. The van der Waals surface area contributed by atoms with Crippen LogP contribution in [-0.2, 0) is 23.3 Å². The summed E-state index contributed by atoms with van der Waals surface area (Å²) < 4.78 is 26.1. The van der Waals surface area contributed by atoms with Crippen LogP contribution in [0.3, 0.4) is 0 Å². The molecule has 64 valence electrons. The maximum atomic E-state index is 10.6. The fourth-order valence-electron chi connectivity index (χ4n) is 0.925. The lowest BCUT2D eigenvalue weighted by molar-refractivity contribution is 0.484. The molecule has 0 saturated carbocycles. The van der Waals surface area contributed by atoms with Crippen LogP contribution in [-0.4, -0.2) is 8.42 Å². The summed E-state index contributed by atoms with van der Waals surface area (Å²) in [6.45, 7) is 0. The van der Waals surface area contributed by atoms with Gasteiger partial charge in [0.2, 0.25) is 0 Å². The normalized spacial score (nSPS) is 19.8. The van der Waals surface area contributed by atoms with Gasteiger partial charge in [-0.1, -0.05) is 12.1 Å². The Balaban J connectivity index is 2.73. The third kappa shape index (κ3) is 1.13. The van der Waals surface area contributed by atoms with Gasteiger partial charge in [-0.25, -0.2) is 0 Å². The summed E-state index contributed by atoms with van der Waals surface area (Å²) in [5, 5.41) is 0. The molecule has 0 radical (unpaired) electrons. The molecule has 1 aromatic rings. The molecule has 0 bridgehead atoms. The molecule has 6 heteroatoms. The van der Waals surface area contributed by atoms with E-state index < -0.39 is 19.0 Å². The molecule has 4 nitrogen and oxygen atoms in total. The molecule has 1 N–H and O–H groups in total. The fraction of sp³-hybridized carbons (Fsp3) is 0. The van der Waals surface area contributed by atoms with Crippen molar-refractivity contribution in [1.29, 1.82) is 0 Å². The second-order valence-corrected chi connectivity index (χ2v) is 5.33. The summed E-state index contributed by atoms with van der Waals surface area (Å²) in [6.07, 6.45) is 0. The van der Waals surface area contributed by atoms with Crippen molar-refractivity contribution in [3.05, 3.63) is 24.3 Å². The first kappa shape index (κ1) is 7.78. The summed E-state index contributed by atoms with van der Waals surface area (Å²) >= 11 is 0. The molecule has 0 aliphatic carbocycles. The smallest absolute Gasteiger partial charge is 0.252 e. The number of benzene rings is 1. The minimum Gasteiger partial charge on any atom is -0.252 e. The third-order valence-electron chi connectivity index (χ3n) is 1.42. The van der Waals surface area contributed by atoms with E-state index in [1.54, 1.807) is 18.2 Å². The SMILES string of the molecule is O=S(=O)=S1ONc2ccccc21. The second-order valence-electron chi connectivity index (χ2n) is 2.12. The number of para-hydroxylation sites is 1. The minimum absolute atomic E-state index is 0.686. The lowest BCUT2D eigenvalue weighted by Crippen LogP contribution is -1.91. The summed E-state index contributed by atoms with van der Waals surface area (Å²) in [5.41, 5.74) is 3.28. The van der Waals surface area contributed by atoms with Crippen LogP contribution in [0.5, 0.6) is 0 Å². The highest BCUT2D eigenvalue weighted by molar-refractivity contribution is 8.31. The van der Waals surface area contributed by atoms with Gasteiger partial charge in [-0.15, -0.1) is 0 Å². The van der Waals surface area contributed by atoms with Gasteiger partial charge in [0.15, 0.2) is 0 Å². The van der Waals surface area contributed by atoms with Crippen LogP contribution in [0.1, 0.15) is 0 Å². The first-order valence-electron chi connectivity index (χ1n) is 3.15. The summed E-state index contributed by atoms with van der Waals surface area (Å²) in [6, 6.07) is 7.10. The molecule has 0 saturated heterocycles. The van der Waals surface area contributed by atoms with Crippen molar-refractivity contribution in [1.82, 2.24) is 0 Å². The Bertz CT molecular complexity index is 444. The Labute approximate surface area is 72.5 Å². The molecule has 1 aliphatic heterocycles. The molecule has 1 unspecified atom stereocenters. The van der Waals surface area contributed by atoms with Crippen LogP contribution in [0.4, 0.5) is 5.69 Å². The zero-order valence-electron chi connectivity index (χ0n) is 5.85. The average Bonchev–Trinajstić information content (AvgIpc) is 2.47. The number of rotatable bonds is 0. The van der Waals surface area contributed by atoms with Gasteiger partial charge in [0, 0.05) is 0 Å². The van der Waals surface area contributed by atoms with Crippen molar-refractivity contribution in [3.63, 3.8) is 0 Å². The van der Waals surface area contributed by atoms with Crippen LogP contribution in [0.25, 0.3) is 0 Å². The van der Waals surface area contributed by atoms with E-state index in [0.29, 0.717) is 4.90 Å². The molecule has 1 aliphatic rings. The highest BCUT2D eigenvalue weighted by Crippen LogP contribution is 2.26. The fourth-order valence-corrected chi connectivity index (χ4v) is 3.01. The second kappa shape index (κ2) is 2.89. The quantitative estimate of drug-likeness (QED) is 0.675. The van der Waals surface area contributed by atoms with Gasteiger partial charge in [0.25, 0.3) is 9.26 Å². The zero-order valence-corrected chi connectivity index (χ0v) is 7.48. The van der Waals surface area contributed by atoms with E-state index in [1.807, 2.05) is 6.07 Å². The minimum atomic E-state index is -2.21. The van der Waals surface area contributed by atoms with Crippen molar-refractivity contribution in [3.8, 4) is 0 Å². The van der Waals surface area contributed by atoms with Gasteiger partial charge in [-0.3, -0.25) is 5.48 Å². The van der Waals surface area contributed by atoms with Crippen molar-refractivity contribution >= 4 is 24.7 Å². The first-order chi connectivity index (χ1) is 5.79. The molecule has 0 aromatic heterocycles. The predicted octanol–water partition coefficient (Wildman–Crippen LogP) is 0.730. The van der Waals surface area contributed by atoms with Crippen LogP contribution in [0, 0.1) is 0 Å². The van der Waals surface area contributed by atoms with E-state index >= 15 is 0 Å². The van der Waals surface area contributed by atoms with Gasteiger partial charge in [-0.2, -0.15) is 12.7 Å². The van der Waals surface area contributed by atoms with Crippen molar-refractivity contribution in [2.75, 3.05) is 5.48 Å². The Morgan fingerprint density at radius 3 is 2.83 bits per heavy atom. The van der Waals surface area contributed by atoms with Gasteiger partial charge in [-0.05, 0) is 12.1 Å². The third-order valence-corrected chi connectivity index (χ3v) is 4.10.